The SMILES string of the molecule is CCCCC1=C(C(c2cc(C)cc(C)c2)c2cc(C)cc(C)c2)CC=[C-]1.[Cl-].[Cl-].[Cl-].[Ti+4]. The molecule has 30 heavy (non-hydrogen) atoms. The van der Waals surface area contributed by atoms with Gasteiger partial charge in [-0.3, -0.25) is 6.08 Å². The summed E-state index contributed by atoms with van der Waals surface area (Å²) in [5, 5.41) is 0. The molecule has 0 nitrogen and oxygen atoms in total. The molecule has 1 aliphatic carbocycles. The Morgan fingerprint density at radius 3 is 1.60 bits per heavy atom. The van der Waals surface area contributed by atoms with Crippen LogP contribution < -0.4 is 37.2 Å². The fourth-order valence-corrected chi connectivity index (χ4v) is 4.33. The smallest absolute Gasteiger partial charge is 1.00 e. The third kappa shape index (κ3) is 7.88. The van der Waals surface area contributed by atoms with Crippen molar-refractivity contribution in [1.29, 1.82) is 0 Å². The first kappa shape index (κ1) is 31.7. The molecule has 3 rings (SSSR count). The van der Waals surface area contributed by atoms with Crippen LogP contribution in [0.25, 0.3) is 0 Å². The third-order valence-corrected chi connectivity index (χ3v) is 5.27. The molecule has 0 saturated carbocycles. The van der Waals surface area contributed by atoms with E-state index in [1.165, 1.54) is 51.8 Å². The van der Waals surface area contributed by atoms with Crippen LogP contribution in [0.3, 0.4) is 0 Å². The van der Waals surface area contributed by atoms with Crippen LogP contribution in [0, 0.1) is 33.8 Å². The second-order valence-electron chi connectivity index (χ2n) is 7.94. The Labute approximate surface area is 217 Å². The predicted octanol–water partition coefficient (Wildman–Crippen LogP) is -1.69. The normalized spacial score (nSPS) is 12.1. The Morgan fingerprint density at radius 2 is 1.20 bits per heavy atom. The summed E-state index contributed by atoms with van der Waals surface area (Å²) in [5.41, 5.74) is 11.2. The predicted molar refractivity (Wildman–Crippen MR) is 113 cm³/mol. The molecular formula is C26H31Cl3Ti. The first-order chi connectivity index (χ1) is 12.5. The van der Waals surface area contributed by atoms with E-state index in [9.17, 15) is 0 Å². The Morgan fingerprint density at radius 1 is 0.767 bits per heavy atom. The molecule has 1 aliphatic rings. The van der Waals surface area contributed by atoms with Crippen LogP contribution in [-0.2, 0) is 21.7 Å². The molecule has 0 spiro atoms. The summed E-state index contributed by atoms with van der Waals surface area (Å²) in [6.07, 6.45) is 10.5. The van der Waals surface area contributed by atoms with E-state index in [0.717, 1.165) is 12.8 Å². The van der Waals surface area contributed by atoms with Crippen molar-refractivity contribution >= 4 is 0 Å². The van der Waals surface area contributed by atoms with E-state index in [2.05, 4.69) is 83.2 Å². The second-order valence-corrected chi connectivity index (χ2v) is 7.94. The Balaban J connectivity index is 0. The average Bonchev–Trinajstić information content (AvgIpc) is 2.99. The van der Waals surface area contributed by atoms with Gasteiger partial charge in [0.15, 0.2) is 0 Å². The van der Waals surface area contributed by atoms with Gasteiger partial charge < -0.3 is 37.2 Å². The van der Waals surface area contributed by atoms with Gasteiger partial charge in [-0.1, -0.05) is 102 Å². The number of unbranched alkanes of at least 4 members (excludes halogenated alkanes) is 1. The second kappa shape index (κ2) is 14.5. The van der Waals surface area contributed by atoms with Crippen LogP contribution in [-0.4, -0.2) is 0 Å². The summed E-state index contributed by atoms with van der Waals surface area (Å²) < 4.78 is 0. The van der Waals surface area contributed by atoms with Crippen molar-refractivity contribution in [3.8, 4) is 0 Å². The number of allylic oxidation sites excluding steroid dienone is 4. The van der Waals surface area contributed by atoms with Gasteiger partial charge in [-0.2, -0.15) is 11.6 Å². The van der Waals surface area contributed by atoms with Gasteiger partial charge in [0, 0.05) is 0 Å². The molecule has 0 unspecified atom stereocenters. The molecule has 0 fully saturated rings. The van der Waals surface area contributed by atoms with E-state index in [4.69, 9.17) is 0 Å². The molecule has 160 valence electrons. The topological polar surface area (TPSA) is 0 Å². The fraction of sp³-hybridized carbons (Fsp3) is 0.385. The van der Waals surface area contributed by atoms with Crippen LogP contribution in [0.4, 0.5) is 0 Å². The Kier molecular flexibility index (Phi) is 15.4. The Hall–Kier alpha value is -0.496. The van der Waals surface area contributed by atoms with Crippen molar-refractivity contribution in [2.45, 2.75) is 66.2 Å². The van der Waals surface area contributed by atoms with Gasteiger partial charge in [0.05, 0.1) is 0 Å². The minimum absolute atomic E-state index is 0. The van der Waals surface area contributed by atoms with Gasteiger partial charge in [-0.05, 0) is 33.6 Å². The van der Waals surface area contributed by atoms with Crippen molar-refractivity contribution < 1.29 is 58.9 Å². The maximum absolute atomic E-state index is 3.57. The molecule has 0 amide bonds. The van der Waals surface area contributed by atoms with Gasteiger partial charge >= 0.3 is 21.7 Å². The molecule has 2 aromatic rings. The first-order valence-electron chi connectivity index (χ1n) is 9.94. The van der Waals surface area contributed by atoms with Gasteiger partial charge in [0.25, 0.3) is 0 Å². The quantitative estimate of drug-likeness (QED) is 0.330. The molecule has 4 heteroatoms. The monoisotopic (exact) mass is 496 g/mol. The van der Waals surface area contributed by atoms with Gasteiger partial charge in [-0.25, -0.2) is 5.57 Å². The maximum Gasteiger partial charge on any atom is 4.00 e. The van der Waals surface area contributed by atoms with Gasteiger partial charge in [-0.15, -0.1) is 0 Å². The molecular weight excluding hydrogens is 467 g/mol. The van der Waals surface area contributed by atoms with Crippen LogP contribution in [0.2, 0.25) is 0 Å². The van der Waals surface area contributed by atoms with Crippen molar-refractivity contribution in [3.05, 3.63) is 93.1 Å². The van der Waals surface area contributed by atoms with Crippen molar-refractivity contribution in [2.75, 3.05) is 0 Å². The molecule has 0 saturated heterocycles. The molecule has 0 bridgehead atoms. The number of hydrogen-bond acceptors (Lipinski definition) is 0. The summed E-state index contributed by atoms with van der Waals surface area (Å²) in [6, 6.07) is 14.0. The van der Waals surface area contributed by atoms with Crippen molar-refractivity contribution in [3.63, 3.8) is 0 Å². The Bertz CT molecular complexity index is 777. The number of aryl methyl sites for hydroxylation is 4. The van der Waals surface area contributed by atoms with E-state index >= 15 is 0 Å². The zero-order valence-electron chi connectivity index (χ0n) is 18.6. The summed E-state index contributed by atoms with van der Waals surface area (Å²) >= 11 is 0. The number of rotatable bonds is 6. The summed E-state index contributed by atoms with van der Waals surface area (Å²) in [7, 11) is 0. The van der Waals surface area contributed by atoms with Crippen molar-refractivity contribution in [2.24, 2.45) is 0 Å². The van der Waals surface area contributed by atoms with Crippen LogP contribution in [0.15, 0.2) is 53.6 Å². The summed E-state index contributed by atoms with van der Waals surface area (Å²) in [6.45, 7) is 11.1. The third-order valence-electron chi connectivity index (χ3n) is 5.27. The zero-order chi connectivity index (χ0) is 18.7. The van der Waals surface area contributed by atoms with Crippen LogP contribution in [0.5, 0.6) is 0 Å². The largest absolute Gasteiger partial charge is 4.00 e. The average molecular weight is 498 g/mol. The molecule has 2 aromatic carbocycles. The van der Waals surface area contributed by atoms with E-state index < -0.39 is 0 Å². The molecule has 0 aromatic heterocycles. The standard InChI is InChI=1S/C26H31.3ClH.Ti/c1-6-7-9-22-10-8-11-25(22)26(23-14-18(2)12-19(3)15-23)24-16-20(4)13-21(5)17-24;;;;/h8,12-17,26H,6-7,9,11H2,1-5H3;3*1H;/q-1;;;;+4/p-3. The van der Waals surface area contributed by atoms with E-state index in [1.807, 2.05) is 0 Å². The van der Waals surface area contributed by atoms with E-state index in [1.54, 1.807) is 5.57 Å². The summed E-state index contributed by atoms with van der Waals surface area (Å²) in [4.78, 5) is 0. The maximum atomic E-state index is 3.57. The van der Waals surface area contributed by atoms with Gasteiger partial charge in [0.1, 0.15) is 0 Å². The zero-order valence-corrected chi connectivity index (χ0v) is 22.4. The minimum atomic E-state index is 0. The molecule has 0 N–H and O–H groups in total. The van der Waals surface area contributed by atoms with Crippen LogP contribution in [0.1, 0.15) is 71.9 Å². The summed E-state index contributed by atoms with van der Waals surface area (Å²) in [5.74, 6) is 0.338. The molecule has 0 aliphatic heterocycles. The van der Waals surface area contributed by atoms with E-state index in [0.29, 0.717) is 5.92 Å². The first-order valence-corrected chi connectivity index (χ1v) is 9.94. The molecule has 0 radical (unpaired) electrons. The number of benzene rings is 2. The minimum Gasteiger partial charge on any atom is -1.00 e. The van der Waals surface area contributed by atoms with Gasteiger partial charge in [0.2, 0.25) is 0 Å². The van der Waals surface area contributed by atoms with Crippen molar-refractivity contribution in [1.82, 2.24) is 0 Å². The fourth-order valence-electron chi connectivity index (χ4n) is 4.33. The molecule has 0 heterocycles. The van der Waals surface area contributed by atoms with E-state index in [-0.39, 0.29) is 58.9 Å². The number of hydrogen-bond donors (Lipinski definition) is 0. The molecule has 0 atom stereocenters. The van der Waals surface area contributed by atoms with Crippen LogP contribution >= 0.6 is 0 Å². The number of halogens is 3.